The molecule has 3 nitrogen and oxygen atoms in total. The van der Waals surface area contributed by atoms with E-state index in [0.29, 0.717) is 16.7 Å². The van der Waals surface area contributed by atoms with E-state index >= 15 is 0 Å². The normalized spacial score (nSPS) is 9.58. The van der Waals surface area contributed by atoms with Crippen LogP contribution in [-0.4, -0.2) is 17.0 Å². The van der Waals surface area contributed by atoms with Crippen molar-refractivity contribution in [3.8, 4) is 0 Å². The Morgan fingerprint density at radius 3 is 2.83 bits per heavy atom. The smallest absolute Gasteiger partial charge is 0.223 e. The van der Waals surface area contributed by atoms with E-state index in [-0.39, 0.29) is 0 Å². The Kier molecular flexibility index (Phi) is 2.65. The van der Waals surface area contributed by atoms with E-state index in [1.54, 1.807) is 13.2 Å². The molecule has 0 bridgehead atoms. The highest BCUT2D eigenvalue weighted by molar-refractivity contribution is 6.32. The van der Waals surface area contributed by atoms with E-state index in [1.165, 1.54) is 0 Å². The van der Waals surface area contributed by atoms with Crippen molar-refractivity contribution in [3.63, 3.8) is 0 Å². The maximum atomic E-state index is 5.83. The van der Waals surface area contributed by atoms with Crippen LogP contribution in [0.3, 0.4) is 0 Å². The topological polar surface area (TPSA) is 37.8 Å². The molecular weight excluding hydrogens is 174 g/mol. The van der Waals surface area contributed by atoms with Crippen molar-refractivity contribution in [1.29, 1.82) is 0 Å². The predicted octanol–water partition coefficient (Wildman–Crippen LogP) is 2.20. The molecule has 1 N–H and O–H groups in total. The van der Waals surface area contributed by atoms with Crippen molar-refractivity contribution in [3.05, 3.63) is 23.5 Å². The summed E-state index contributed by atoms with van der Waals surface area (Å²) in [7, 11) is 1.76. The minimum absolute atomic E-state index is 0.529. The van der Waals surface area contributed by atoms with Gasteiger partial charge in [-0.15, -0.1) is 0 Å². The van der Waals surface area contributed by atoms with Crippen molar-refractivity contribution in [1.82, 2.24) is 9.97 Å². The maximum absolute atomic E-state index is 5.83. The molecule has 0 saturated heterocycles. The van der Waals surface area contributed by atoms with Crippen molar-refractivity contribution in [2.45, 2.75) is 6.92 Å². The number of aromatic nitrogens is 2. The lowest BCUT2D eigenvalue weighted by Gasteiger charge is -2.03. The number of hydrogen-bond acceptors (Lipinski definition) is 3. The largest absolute Gasteiger partial charge is 0.357 e. The summed E-state index contributed by atoms with van der Waals surface area (Å²) in [5.41, 5.74) is 1.52. The van der Waals surface area contributed by atoms with Crippen LogP contribution in [0.4, 0.5) is 5.95 Å². The Morgan fingerprint density at radius 1 is 1.67 bits per heavy atom. The van der Waals surface area contributed by atoms with Crippen LogP contribution in [0.15, 0.2) is 12.8 Å². The van der Waals surface area contributed by atoms with Gasteiger partial charge in [0.1, 0.15) is 0 Å². The second-order valence-corrected chi connectivity index (χ2v) is 2.83. The number of hydrogen-bond donors (Lipinski definition) is 1. The lowest BCUT2D eigenvalue weighted by Crippen LogP contribution is -1.98. The Morgan fingerprint density at radius 2 is 2.33 bits per heavy atom. The molecule has 0 spiro atoms. The first kappa shape index (κ1) is 9.00. The number of rotatable bonds is 2. The molecule has 0 aliphatic rings. The third-order valence-corrected chi connectivity index (χ3v) is 1.65. The number of allylic oxidation sites excluding steroid dienone is 1. The molecule has 12 heavy (non-hydrogen) atoms. The quantitative estimate of drug-likeness (QED) is 0.764. The number of nitrogens with zero attached hydrogens (tertiary/aromatic N) is 2. The van der Waals surface area contributed by atoms with Gasteiger partial charge in [0.2, 0.25) is 5.95 Å². The fraction of sp³-hybridized carbons (Fsp3) is 0.250. The Balaban J connectivity index is 3.17. The Bertz CT molecular complexity index is 309. The zero-order chi connectivity index (χ0) is 9.14. The second kappa shape index (κ2) is 3.54. The van der Waals surface area contributed by atoms with Crippen LogP contribution in [0.25, 0.3) is 5.57 Å². The third-order valence-electron chi connectivity index (χ3n) is 1.37. The van der Waals surface area contributed by atoms with Gasteiger partial charge in [0.15, 0.2) is 0 Å². The van der Waals surface area contributed by atoms with E-state index in [2.05, 4.69) is 21.9 Å². The zero-order valence-corrected chi connectivity index (χ0v) is 7.81. The van der Waals surface area contributed by atoms with Gasteiger partial charge in [-0.25, -0.2) is 9.97 Å². The molecule has 1 aromatic rings. The van der Waals surface area contributed by atoms with Crippen LogP contribution >= 0.6 is 11.6 Å². The van der Waals surface area contributed by atoms with E-state index in [9.17, 15) is 0 Å². The number of nitrogens with one attached hydrogen (secondary N) is 1. The molecule has 0 atom stereocenters. The van der Waals surface area contributed by atoms with Gasteiger partial charge in [0, 0.05) is 7.05 Å². The minimum atomic E-state index is 0.529. The summed E-state index contributed by atoms with van der Waals surface area (Å²) >= 11 is 5.83. The molecule has 1 rings (SSSR count). The highest BCUT2D eigenvalue weighted by atomic mass is 35.5. The summed E-state index contributed by atoms with van der Waals surface area (Å²) in [6.07, 6.45) is 1.56. The second-order valence-electron chi connectivity index (χ2n) is 2.42. The molecule has 0 unspecified atom stereocenters. The Hall–Kier alpha value is -1.09. The molecule has 0 saturated carbocycles. The summed E-state index contributed by atoms with van der Waals surface area (Å²) in [5, 5.41) is 3.36. The van der Waals surface area contributed by atoms with Crippen LogP contribution in [-0.2, 0) is 0 Å². The molecule has 1 aromatic heterocycles. The lowest BCUT2D eigenvalue weighted by atomic mass is 10.2. The van der Waals surface area contributed by atoms with Crippen molar-refractivity contribution in [2.24, 2.45) is 0 Å². The molecule has 0 aliphatic heterocycles. The summed E-state index contributed by atoms with van der Waals surface area (Å²) < 4.78 is 0. The number of anilines is 1. The highest BCUT2D eigenvalue weighted by Gasteiger charge is 2.03. The van der Waals surface area contributed by atoms with Crippen LogP contribution in [0, 0.1) is 0 Å². The van der Waals surface area contributed by atoms with Crippen molar-refractivity contribution in [2.75, 3.05) is 12.4 Å². The van der Waals surface area contributed by atoms with Gasteiger partial charge in [-0.05, 0) is 12.5 Å². The van der Waals surface area contributed by atoms with Crippen LogP contribution in [0.5, 0.6) is 0 Å². The van der Waals surface area contributed by atoms with Crippen LogP contribution in [0.1, 0.15) is 12.6 Å². The molecule has 0 radical (unpaired) electrons. The molecule has 1 heterocycles. The predicted molar refractivity (Wildman–Crippen MR) is 51.3 cm³/mol. The van der Waals surface area contributed by atoms with Gasteiger partial charge in [-0.3, -0.25) is 0 Å². The van der Waals surface area contributed by atoms with Gasteiger partial charge in [-0.2, -0.15) is 0 Å². The van der Waals surface area contributed by atoms with Gasteiger partial charge in [-0.1, -0.05) is 18.2 Å². The summed E-state index contributed by atoms with van der Waals surface area (Å²) in [6.45, 7) is 5.61. The lowest BCUT2D eigenvalue weighted by molar-refractivity contribution is 1.13. The summed E-state index contributed by atoms with van der Waals surface area (Å²) in [4.78, 5) is 8.08. The molecular formula is C8H10ClN3. The average molecular weight is 184 g/mol. The molecule has 0 amide bonds. The SMILES string of the molecule is C=C(C)c1nc(NC)ncc1Cl. The van der Waals surface area contributed by atoms with Gasteiger partial charge >= 0.3 is 0 Å². The molecule has 4 heteroatoms. The van der Waals surface area contributed by atoms with Gasteiger partial charge in [0.05, 0.1) is 16.9 Å². The molecule has 0 aromatic carbocycles. The molecule has 0 fully saturated rings. The van der Waals surface area contributed by atoms with E-state index in [1.807, 2.05) is 6.92 Å². The van der Waals surface area contributed by atoms with Crippen LogP contribution in [0.2, 0.25) is 5.02 Å². The third kappa shape index (κ3) is 1.74. The average Bonchev–Trinajstić information content (AvgIpc) is 2.05. The van der Waals surface area contributed by atoms with Gasteiger partial charge in [0.25, 0.3) is 0 Å². The zero-order valence-electron chi connectivity index (χ0n) is 7.06. The van der Waals surface area contributed by atoms with E-state index in [0.717, 1.165) is 5.57 Å². The van der Waals surface area contributed by atoms with Gasteiger partial charge < -0.3 is 5.32 Å². The van der Waals surface area contributed by atoms with E-state index in [4.69, 9.17) is 11.6 Å². The van der Waals surface area contributed by atoms with Crippen LogP contribution < -0.4 is 5.32 Å². The minimum Gasteiger partial charge on any atom is -0.357 e. The maximum Gasteiger partial charge on any atom is 0.223 e. The standard InChI is InChI=1S/C8H10ClN3/c1-5(2)7-6(9)4-11-8(10-3)12-7/h4H,1H2,2-3H3,(H,10,11,12). The Labute approximate surface area is 76.5 Å². The summed E-state index contributed by atoms with van der Waals surface area (Å²) in [5.74, 6) is 0.553. The first-order valence-electron chi connectivity index (χ1n) is 3.51. The summed E-state index contributed by atoms with van der Waals surface area (Å²) in [6, 6.07) is 0. The first-order valence-corrected chi connectivity index (χ1v) is 3.89. The fourth-order valence-corrected chi connectivity index (χ4v) is 1.04. The highest BCUT2D eigenvalue weighted by Crippen LogP contribution is 2.19. The van der Waals surface area contributed by atoms with Crippen molar-refractivity contribution < 1.29 is 0 Å². The molecule has 64 valence electrons. The first-order chi connectivity index (χ1) is 5.65. The monoisotopic (exact) mass is 183 g/mol. The number of halogens is 1. The fourth-order valence-electron chi connectivity index (χ4n) is 0.787. The van der Waals surface area contributed by atoms with E-state index < -0.39 is 0 Å². The van der Waals surface area contributed by atoms with Crippen molar-refractivity contribution >= 4 is 23.1 Å². The molecule has 0 aliphatic carbocycles.